The summed E-state index contributed by atoms with van der Waals surface area (Å²) in [6.07, 6.45) is 0. The topological polar surface area (TPSA) is 67.9 Å². The molecule has 1 aliphatic rings. The summed E-state index contributed by atoms with van der Waals surface area (Å²) in [5.74, 6) is 0.556. The van der Waals surface area contributed by atoms with E-state index in [2.05, 4.69) is 5.32 Å². The van der Waals surface area contributed by atoms with Crippen molar-refractivity contribution < 1.29 is 19.1 Å². The Morgan fingerprint density at radius 3 is 2.30 bits per heavy atom. The molecule has 0 radical (unpaired) electrons. The van der Waals surface area contributed by atoms with E-state index in [9.17, 15) is 9.59 Å². The number of rotatable bonds is 9. The first-order valence-electron chi connectivity index (χ1n) is 10.9. The molecule has 3 aromatic rings. The van der Waals surface area contributed by atoms with Crippen LogP contribution in [-0.2, 0) is 16.1 Å². The number of hydrogen-bond acceptors (Lipinski definition) is 6. The van der Waals surface area contributed by atoms with Crippen LogP contribution in [0.5, 0.6) is 11.5 Å². The van der Waals surface area contributed by atoms with Crippen LogP contribution in [0.15, 0.2) is 65.7 Å². The maximum Gasteiger partial charge on any atom is 0.278 e. The fourth-order valence-corrected chi connectivity index (χ4v) is 4.40. The molecule has 1 N–H and O–H groups in total. The molecule has 0 unspecified atom stereocenters. The number of ether oxygens (including phenoxy) is 2. The van der Waals surface area contributed by atoms with Gasteiger partial charge in [-0.3, -0.25) is 14.5 Å². The van der Waals surface area contributed by atoms with E-state index < -0.39 is 0 Å². The van der Waals surface area contributed by atoms with Crippen molar-refractivity contribution in [2.24, 2.45) is 0 Å². The lowest BCUT2D eigenvalue weighted by molar-refractivity contribution is -0.137. The molecular formula is C26H26N2O4S. The fraction of sp³-hybridized carbons (Fsp3) is 0.231. The standard InChI is InChI=1S/C26H26N2O4S/c1-4-31-20-13-12-19(15-21(20)32-5-2)27-24-23(22-7-6-14-33-22)25(29)28(26(24)30)16-18-10-8-17(3)9-11-18/h6-15,27H,4-5,16H2,1-3H3. The van der Waals surface area contributed by atoms with Gasteiger partial charge in [0.15, 0.2) is 11.5 Å². The second-order valence-corrected chi connectivity index (χ2v) is 8.51. The third-order valence-corrected chi connectivity index (χ3v) is 6.10. The Hall–Kier alpha value is -3.58. The number of hydrogen-bond donors (Lipinski definition) is 1. The zero-order valence-electron chi connectivity index (χ0n) is 18.9. The van der Waals surface area contributed by atoms with Gasteiger partial charge in [0.05, 0.1) is 25.3 Å². The van der Waals surface area contributed by atoms with Crippen molar-refractivity contribution in [2.75, 3.05) is 18.5 Å². The van der Waals surface area contributed by atoms with Gasteiger partial charge in [-0.1, -0.05) is 35.9 Å². The SMILES string of the molecule is CCOc1ccc(NC2=C(c3cccs3)C(=O)N(Cc3ccc(C)cc3)C2=O)cc1OCC. The summed E-state index contributed by atoms with van der Waals surface area (Å²) in [5, 5.41) is 5.08. The molecule has 6 nitrogen and oxygen atoms in total. The van der Waals surface area contributed by atoms with Gasteiger partial charge in [-0.15, -0.1) is 11.3 Å². The van der Waals surface area contributed by atoms with Gasteiger partial charge in [0.25, 0.3) is 11.8 Å². The lowest BCUT2D eigenvalue weighted by Crippen LogP contribution is -2.31. The second kappa shape index (κ2) is 9.92. The van der Waals surface area contributed by atoms with Crippen molar-refractivity contribution in [3.63, 3.8) is 0 Å². The molecule has 1 aliphatic heterocycles. The first-order valence-corrected chi connectivity index (χ1v) is 11.8. The Labute approximate surface area is 197 Å². The number of carbonyl (C=O) groups is 2. The van der Waals surface area contributed by atoms with Gasteiger partial charge in [-0.25, -0.2) is 0 Å². The third-order valence-electron chi connectivity index (χ3n) is 5.21. The summed E-state index contributed by atoms with van der Waals surface area (Å²) in [6, 6.07) is 16.9. The normalized spacial score (nSPS) is 13.6. The molecule has 2 aromatic carbocycles. The molecule has 2 amide bonds. The van der Waals surface area contributed by atoms with E-state index in [0.717, 1.165) is 16.0 Å². The fourth-order valence-electron chi connectivity index (χ4n) is 3.63. The monoisotopic (exact) mass is 462 g/mol. The Morgan fingerprint density at radius 1 is 0.909 bits per heavy atom. The second-order valence-electron chi connectivity index (χ2n) is 7.56. The maximum atomic E-state index is 13.4. The van der Waals surface area contributed by atoms with E-state index in [1.807, 2.05) is 68.6 Å². The number of thiophene rings is 1. The molecule has 0 bridgehead atoms. The Kier molecular flexibility index (Phi) is 6.79. The highest BCUT2D eigenvalue weighted by Crippen LogP contribution is 2.36. The summed E-state index contributed by atoms with van der Waals surface area (Å²) in [4.78, 5) is 28.8. The average Bonchev–Trinajstić information content (AvgIpc) is 3.40. The first-order chi connectivity index (χ1) is 16.0. The number of benzene rings is 2. The van der Waals surface area contributed by atoms with E-state index in [-0.39, 0.29) is 24.1 Å². The van der Waals surface area contributed by atoms with Crippen LogP contribution in [0.4, 0.5) is 5.69 Å². The number of nitrogens with one attached hydrogen (secondary N) is 1. The zero-order chi connectivity index (χ0) is 23.4. The van der Waals surface area contributed by atoms with Crippen molar-refractivity contribution in [2.45, 2.75) is 27.3 Å². The minimum absolute atomic E-state index is 0.214. The van der Waals surface area contributed by atoms with Crippen LogP contribution in [0, 0.1) is 6.92 Å². The highest BCUT2D eigenvalue weighted by molar-refractivity contribution is 7.11. The third kappa shape index (κ3) is 4.78. The molecule has 0 spiro atoms. The van der Waals surface area contributed by atoms with Crippen molar-refractivity contribution in [3.05, 3.63) is 81.7 Å². The molecule has 7 heteroatoms. The molecule has 2 heterocycles. The lowest BCUT2D eigenvalue weighted by Gasteiger charge is -2.16. The van der Waals surface area contributed by atoms with Gasteiger partial charge < -0.3 is 14.8 Å². The van der Waals surface area contributed by atoms with Gasteiger partial charge in [-0.05, 0) is 49.9 Å². The molecule has 1 aromatic heterocycles. The number of carbonyl (C=O) groups excluding carboxylic acids is 2. The van der Waals surface area contributed by atoms with Gasteiger partial charge in [0, 0.05) is 16.6 Å². The summed E-state index contributed by atoms with van der Waals surface area (Å²) in [5.41, 5.74) is 3.31. The summed E-state index contributed by atoms with van der Waals surface area (Å²) >= 11 is 1.43. The van der Waals surface area contributed by atoms with Gasteiger partial charge in [-0.2, -0.15) is 0 Å². The van der Waals surface area contributed by atoms with Crippen LogP contribution in [-0.4, -0.2) is 29.9 Å². The van der Waals surface area contributed by atoms with Gasteiger partial charge in [0.2, 0.25) is 0 Å². The summed E-state index contributed by atoms with van der Waals surface area (Å²) < 4.78 is 11.3. The van der Waals surface area contributed by atoms with Crippen LogP contribution in [0.2, 0.25) is 0 Å². The Bertz CT molecular complexity index is 1180. The van der Waals surface area contributed by atoms with Crippen molar-refractivity contribution >= 4 is 34.4 Å². The van der Waals surface area contributed by atoms with Crippen molar-refractivity contribution in [1.82, 2.24) is 4.90 Å². The number of anilines is 1. The molecule has 4 rings (SSSR count). The molecule has 170 valence electrons. The highest BCUT2D eigenvalue weighted by atomic mass is 32.1. The first kappa shape index (κ1) is 22.6. The minimum Gasteiger partial charge on any atom is -0.490 e. The summed E-state index contributed by atoms with van der Waals surface area (Å²) in [7, 11) is 0. The number of aryl methyl sites for hydroxylation is 1. The Morgan fingerprint density at radius 2 is 1.64 bits per heavy atom. The summed E-state index contributed by atoms with van der Waals surface area (Å²) in [6.45, 7) is 7.02. The maximum absolute atomic E-state index is 13.4. The van der Waals surface area contributed by atoms with E-state index in [4.69, 9.17) is 9.47 Å². The lowest BCUT2D eigenvalue weighted by atomic mass is 10.1. The van der Waals surface area contributed by atoms with Gasteiger partial charge in [0.1, 0.15) is 5.70 Å². The molecule has 0 saturated carbocycles. The largest absolute Gasteiger partial charge is 0.490 e. The van der Waals surface area contributed by atoms with E-state index in [0.29, 0.717) is 36.0 Å². The van der Waals surface area contributed by atoms with E-state index >= 15 is 0 Å². The molecule has 0 aliphatic carbocycles. The minimum atomic E-state index is -0.351. The predicted octanol–water partition coefficient (Wildman–Crippen LogP) is 5.25. The molecule has 33 heavy (non-hydrogen) atoms. The van der Waals surface area contributed by atoms with Crippen molar-refractivity contribution in [1.29, 1.82) is 0 Å². The van der Waals surface area contributed by atoms with Crippen LogP contribution in [0.3, 0.4) is 0 Å². The Balaban J connectivity index is 1.68. The quantitative estimate of drug-likeness (QED) is 0.440. The van der Waals surface area contributed by atoms with E-state index in [1.165, 1.54) is 16.2 Å². The van der Waals surface area contributed by atoms with E-state index in [1.54, 1.807) is 12.1 Å². The average molecular weight is 463 g/mol. The molecule has 0 atom stereocenters. The number of imide groups is 1. The van der Waals surface area contributed by atoms with Crippen LogP contribution < -0.4 is 14.8 Å². The highest BCUT2D eigenvalue weighted by Gasteiger charge is 2.39. The number of nitrogens with zero attached hydrogens (tertiary/aromatic N) is 1. The van der Waals surface area contributed by atoms with Gasteiger partial charge >= 0.3 is 0 Å². The smallest absolute Gasteiger partial charge is 0.278 e. The van der Waals surface area contributed by atoms with Crippen molar-refractivity contribution in [3.8, 4) is 11.5 Å². The zero-order valence-corrected chi connectivity index (χ0v) is 19.7. The van der Waals surface area contributed by atoms with Crippen LogP contribution in [0.25, 0.3) is 5.57 Å². The molecule has 0 saturated heterocycles. The molecular weight excluding hydrogens is 436 g/mol. The number of amides is 2. The predicted molar refractivity (Wildman–Crippen MR) is 130 cm³/mol. The van der Waals surface area contributed by atoms with Crippen LogP contribution in [0.1, 0.15) is 29.9 Å². The van der Waals surface area contributed by atoms with Crippen LogP contribution >= 0.6 is 11.3 Å². The molecule has 0 fully saturated rings.